The summed E-state index contributed by atoms with van der Waals surface area (Å²) in [7, 11) is 0. The average Bonchev–Trinajstić information content (AvgIpc) is 2.75. The van der Waals surface area contributed by atoms with E-state index in [1.807, 2.05) is 0 Å². The number of morpholine rings is 1. The molecule has 1 unspecified atom stereocenters. The zero-order valence-corrected chi connectivity index (χ0v) is 16.4. The summed E-state index contributed by atoms with van der Waals surface area (Å²) in [5.41, 5.74) is -2.18. The van der Waals surface area contributed by atoms with Crippen LogP contribution < -0.4 is 4.90 Å². The summed E-state index contributed by atoms with van der Waals surface area (Å²) >= 11 is 0. The van der Waals surface area contributed by atoms with Gasteiger partial charge in [-0.2, -0.15) is 13.2 Å². The molecule has 0 N–H and O–H groups in total. The fraction of sp³-hybridized carbons (Fsp3) is 0.381. The molecule has 10 heteroatoms. The molecule has 31 heavy (non-hydrogen) atoms. The molecule has 1 aromatic carbocycles. The maximum Gasteiger partial charge on any atom is 0.434 e. The molecule has 0 aliphatic carbocycles. The minimum absolute atomic E-state index is 0.0308. The summed E-state index contributed by atoms with van der Waals surface area (Å²) in [6.45, 7) is 0.171. The Morgan fingerprint density at radius 1 is 1.13 bits per heavy atom. The zero-order valence-electron chi connectivity index (χ0n) is 16.4. The Morgan fingerprint density at radius 2 is 1.87 bits per heavy atom. The number of amides is 2. The van der Waals surface area contributed by atoms with Gasteiger partial charge >= 0.3 is 6.18 Å². The van der Waals surface area contributed by atoms with Crippen LogP contribution in [0.25, 0.3) is 0 Å². The Labute approximate surface area is 175 Å². The molecule has 6 nitrogen and oxygen atoms in total. The molecule has 2 aromatic rings. The van der Waals surface area contributed by atoms with E-state index >= 15 is 0 Å². The SMILES string of the molecule is O=C(c1cccnc1C(F)(F)F)N1CCCC2(C1)CN(c1ccc(F)cc1)C(=O)CO2. The molecular formula is C21H19F4N3O3. The lowest BCUT2D eigenvalue weighted by atomic mass is 9.90. The van der Waals surface area contributed by atoms with Crippen LogP contribution in [0.3, 0.4) is 0 Å². The Bertz CT molecular complexity index is 996. The number of hydrogen-bond donors (Lipinski definition) is 0. The highest BCUT2D eigenvalue weighted by atomic mass is 19.4. The van der Waals surface area contributed by atoms with E-state index in [4.69, 9.17) is 4.74 Å². The van der Waals surface area contributed by atoms with Gasteiger partial charge in [-0.25, -0.2) is 4.39 Å². The van der Waals surface area contributed by atoms with E-state index in [0.29, 0.717) is 18.5 Å². The molecule has 0 saturated carbocycles. The standard InChI is InChI=1S/C21H19F4N3O3/c22-14-4-6-15(7-5-14)28-13-20(31-11-17(28)29)8-2-10-27(12-20)19(30)16-3-1-9-26-18(16)21(23,24)25/h1,3-7,9H,2,8,10-13H2. The van der Waals surface area contributed by atoms with Crippen molar-refractivity contribution in [3.8, 4) is 0 Å². The zero-order chi connectivity index (χ0) is 22.2. The second-order valence-electron chi connectivity index (χ2n) is 7.66. The Hall–Kier alpha value is -3.01. The Kier molecular flexibility index (Phi) is 5.42. The highest BCUT2D eigenvalue weighted by molar-refractivity contribution is 5.96. The third kappa shape index (κ3) is 4.25. The number of aromatic nitrogens is 1. The lowest BCUT2D eigenvalue weighted by Gasteiger charge is -2.47. The van der Waals surface area contributed by atoms with Gasteiger partial charge in [0.25, 0.3) is 11.8 Å². The van der Waals surface area contributed by atoms with Crippen LogP contribution >= 0.6 is 0 Å². The van der Waals surface area contributed by atoms with Crippen molar-refractivity contribution < 1.29 is 31.9 Å². The van der Waals surface area contributed by atoms with Crippen LogP contribution in [0.1, 0.15) is 28.9 Å². The molecule has 4 rings (SSSR count). The summed E-state index contributed by atoms with van der Waals surface area (Å²) in [4.78, 5) is 31.5. The van der Waals surface area contributed by atoms with Gasteiger partial charge in [0.15, 0.2) is 5.69 Å². The molecule has 0 radical (unpaired) electrons. The van der Waals surface area contributed by atoms with Gasteiger partial charge in [-0.05, 0) is 49.2 Å². The number of carbonyl (C=O) groups excluding carboxylic acids is 2. The third-order valence-electron chi connectivity index (χ3n) is 5.52. The number of benzene rings is 1. The first-order valence-electron chi connectivity index (χ1n) is 9.70. The van der Waals surface area contributed by atoms with Crippen LogP contribution in [0.4, 0.5) is 23.2 Å². The molecule has 2 aliphatic rings. The summed E-state index contributed by atoms with van der Waals surface area (Å²) in [6, 6.07) is 7.82. The van der Waals surface area contributed by atoms with E-state index in [1.165, 1.54) is 40.1 Å². The molecule has 164 valence electrons. The van der Waals surface area contributed by atoms with Gasteiger partial charge in [0.1, 0.15) is 18.0 Å². The normalized spacial score (nSPS) is 22.1. The van der Waals surface area contributed by atoms with Crippen LogP contribution in [0.2, 0.25) is 0 Å². The van der Waals surface area contributed by atoms with Crippen molar-refractivity contribution in [3.05, 3.63) is 59.7 Å². The topological polar surface area (TPSA) is 62.7 Å². The molecule has 2 amide bonds. The number of likely N-dealkylation sites (tertiary alicyclic amines) is 1. The molecule has 2 aliphatic heterocycles. The minimum Gasteiger partial charge on any atom is -0.361 e. The van der Waals surface area contributed by atoms with E-state index in [0.717, 1.165) is 12.3 Å². The smallest absolute Gasteiger partial charge is 0.361 e. The number of ether oxygens (including phenoxy) is 1. The minimum atomic E-state index is -4.76. The molecule has 0 bridgehead atoms. The van der Waals surface area contributed by atoms with Crippen LogP contribution in [-0.2, 0) is 15.7 Å². The second kappa shape index (κ2) is 7.92. The lowest BCUT2D eigenvalue weighted by molar-refractivity contribution is -0.145. The van der Waals surface area contributed by atoms with Crippen LogP contribution in [-0.4, -0.2) is 53.5 Å². The van der Waals surface area contributed by atoms with Crippen LogP contribution in [0.15, 0.2) is 42.6 Å². The summed E-state index contributed by atoms with van der Waals surface area (Å²) in [5.74, 6) is -1.54. The van der Waals surface area contributed by atoms with E-state index < -0.39 is 34.8 Å². The quantitative estimate of drug-likeness (QED) is 0.677. The largest absolute Gasteiger partial charge is 0.434 e. The first-order valence-corrected chi connectivity index (χ1v) is 9.70. The van der Waals surface area contributed by atoms with Crippen molar-refractivity contribution in [2.45, 2.75) is 24.6 Å². The maximum atomic E-state index is 13.3. The number of rotatable bonds is 2. The fourth-order valence-electron chi connectivity index (χ4n) is 4.06. The number of nitrogens with zero attached hydrogens (tertiary/aromatic N) is 3. The summed E-state index contributed by atoms with van der Waals surface area (Å²) in [5, 5.41) is 0. The van der Waals surface area contributed by atoms with E-state index in [1.54, 1.807) is 0 Å². The van der Waals surface area contributed by atoms with Gasteiger partial charge < -0.3 is 14.5 Å². The van der Waals surface area contributed by atoms with Gasteiger partial charge in [-0.15, -0.1) is 0 Å². The number of hydrogen-bond acceptors (Lipinski definition) is 4. The average molecular weight is 437 g/mol. The summed E-state index contributed by atoms with van der Waals surface area (Å²) < 4.78 is 59.0. The molecular weight excluding hydrogens is 418 g/mol. The first kappa shape index (κ1) is 21.2. The molecule has 3 heterocycles. The Morgan fingerprint density at radius 3 is 2.58 bits per heavy atom. The number of halogens is 4. The number of anilines is 1. The van der Waals surface area contributed by atoms with Crippen molar-refractivity contribution in [3.63, 3.8) is 0 Å². The molecule has 1 atom stereocenters. The number of alkyl halides is 3. The van der Waals surface area contributed by atoms with Gasteiger partial charge in [0, 0.05) is 18.4 Å². The van der Waals surface area contributed by atoms with Crippen molar-refractivity contribution in [1.82, 2.24) is 9.88 Å². The molecule has 2 saturated heterocycles. The van der Waals surface area contributed by atoms with Gasteiger partial charge in [0.2, 0.25) is 0 Å². The second-order valence-corrected chi connectivity index (χ2v) is 7.66. The first-order chi connectivity index (χ1) is 14.7. The van der Waals surface area contributed by atoms with Gasteiger partial charge in [-0.1, -0.05) is 0 Å². The fourth-order valence-corrected chi connectivity index (χ4v) is 4.06. The van der Waals surface area contributed by atoms with Crippen molar-refractivity contribution >= 4 is 17.5 Å². The van der Waals surface area contributed by atoms with Gasteiger partial charge in [0.05, 0.1) is 18.7 Å². The number of carbonyl (C=O) groups is 2. The third-order valence-corrected chi connectivity index (χ3v) is 5.52. The maximum absolute atomic E-state index is 13.3. The van der Waals surface area contributed by atoms with Crippen LogP contribution in [0, 0.1) is 5.82 Å². The number of pyridine rings is 1. The predicted molar refractivity (Wildman–Crippen MR) is 102 cm³/mol. The molecule has 1 spiro atoms. The highest BCUT2D eigenvalue weighted by Gasteiger charge is 2.46. The van der Waals surface area contributed by atoms with Crippen LogP contribution in [0.5, 0.6) is 0 Å². The highest BCUT2D eigenvalue weighted by Crippen LogP contribution is 2.34. The van der Waals surface area contributed by atoms with Crippen molar-refractivity contribution in [1.29, 1.82) is 0 Å². The van der Waals surface area contributed by atoms with E-state index in [-0.39, 0.29) is 32.1 Å². The van der Waals surface area contributed by atoms with Crippen molar-refractivity contribution in [2.24, 2.45) is 0 Å². The van der Waals surface area contributed by atoms with E-state index in [9.17, 15) is 27.2 Å². The monoisotopic (exact) mass is 437 g/mol. The van der Waals surface area contributed by atoms with E-state index in [2.05, 4.69) is 4.98 Å². The number of piperidine rings is 1. The van der Waals surface area contributed by atoms with Gasteiger partial charge in [-0.3, -0.25) is 14.6 Å². The predicted octanol–water partition coefficient (Wildman–Crippen LogP) is 3.28. The molecule has 1 aromatic heterocycles. The summed E-state index contributed by atoms with van der Waals surface area (Å²) in [6.07, 6.45) is -2.74. The van der Waals surface area contributed by atoms with Crippen molar-refractivity contribution in [2.75, 3.05) is 31.1 Å². The lowest BCUT2D eigenvalue weighted by Crippen LogP contribution is -2.62. The Balaban J connectivity index is 1.57. The molecule has 2 fully saturated rings.